The molecule has 0 saturated heterocycles. The molecule has 0 bridgehead atoms. The van der Waals surface area contributed by atoms with E-state index in [9.17, 15) is 4.39 Å². The van der Waals surface area contributed by atoms with Gasteiger partial charge in [0.15, 0.2) is 0 Å². The van der Waals surface area contributed by atoms with Crippen LogP contribution in [0.15, 0.2) is 57.9 Å². The molecule has 1 aromatic carbocycles. The number of H-pyrrole nitrogens is 1. The molecule has 0 aliphatic rings. The lowest BCUT2D eigenvalue weighted by Gasteiger charge is -2.11. The number of rotatable bonds is 6. The van der Waals surface area contributed by atoms with E-state index in [0.717, 1.165) is 16.8 Å². The Morgan fingerprint density at radius 3 is 2.65 bits per heavy atom. The van der Waals surface area contributed by atoms with Gasteiger partial charge in [0.25, 0.3) is 0 Å². The molecule has 0 spiro atoms. The van der Waals surface area contributed by atoms with E-state index >= 15 is 0 Å². The molecule has 0 radical (unpaired) electrons. The van der Waals surface area contributed by atoms with Crippen LogP contribution in [-0.4, -0.2) is 27.0 Å². The van der Waals surface area contributed by atoms with Crippen LogP contribution >= 0.6 is 43.5 Å². The second-order valence-corrected chi connectivity index (χ2v) is 8.41. The average Bonchev–Trinajstić information content (AvgIpc) is 3.14. The van der Waals surface area contributed by atoms with Gasteiger partial charge in [0, 0.05) is 34.1 Å². The summed E-state index contributed by atoms with van der Waals surface area (Å²) in [6.45, 7) is -0.0108. The van der Waals surface area contributed by atoms with Gasteiger partial charge in [-0.3, -0.25) is 4.98 Å². The lowest BCUT2D eigenvalue weighted by molar-refractivity contribution is 0.292. The van der Waals surface area contributed by atoms with Crippen molar-refractivity contribution >= 4 is 43.5 Å². The first kappa shape index (κ1) is 21.7. The molecule has 0 amide bonds. The highest BCUT2D eigenvalue weighted by atomic mass is 79.9. The number of halogens is 4. The van der Waals surface area contributed by atoms with Gasteiger partial charge in [0.2, 0.25) is 0 Å². The number of ether oxygens (including phenoxy) is 2. The van der Waals surface area contributed by atoms with Crippen LogP contribution < -0.4 is 9.47 Å². The summed E-state index contributed by atoms with van der Waals surface area (Å²) in [6.07, 6.45) is 3.16. The highest BCUT2D eigenvalue weighted by molar-refractivity contribution is 9.10. The summed E-state index contributed by atoms with van der Waals surface area (Å²) in [5.41, 5.74) is 2.51. The molecule has 1 N–H and O–H groups in total. The van der Waals surface area contributed by atoms with Crippen molar-refractivity contribution in [1.82, 2.24) is 19.9 Å². The molecular formula is C21H14Br2ClFN4O2. The summed E-state index contributed by atoms with van der Waals surface area (Å²) >= 11 is 12.5. The van der Waals surface area contributed by atoms with Gasteiger partial charge in [-0.2, -0.15) is 0 Å². The number of nitrogens with zero attached hydrogens (tertiary/aromatic N) is 3. The summed E-state index contributed by atoms with van der Waals surface area (Å²) in [6, 6.07) is 10.2. The largest absolute Gasteiger partial charge is 0.496 e. The summed E-state index contributed by atoms with van der Waals surface area (Å²) in [5, 5.41) is 0.407. The Hall–Kier alpha value is -2.49. The fourth-order valence-corrected chi connectivity index (χ4v) is 3.76. The number of imidazole rings is 1. The van der Waals surface area contributed by atoms with Crippen LogP contribution in [0.4, 0.5) is 4.39 Å². The minimum absolute atomic E-state index is 0.0108. The second-order valence-electron chi connectivity index (χ2n) is 6.35. The number of hydrogen-bond donors (Lipinski definition) is 1. The Morgan fingerprint density at radius 2 is 1.94 bits per heavy atom. The molecule has 3 aromatic heterocycles. The van der Waals surface area contributed by atoms with Crippen molar-refractivity contribution in [2.24, 2.45) is 0 Å². The van der Waals surface area contributed by atoms with E-state index < -0.39 is 5.82 Å². The number of pyridine rings is 2. The summed E-state index contributed by atoms with van der Waals surface area (Å²) in [7, 11) is 1.56. The Kier molecular flexibility index (Phi) is 6.54. The molecule has 4 rings (SSSR count). The molecule has 4 aromatic rings. The van der Waals surface area contributed by atoms with E-state index in [2.05, 4.69) is 51.8 Å². The standard InChI is InChI=1S/C21H14Br2ClFN4O2/c1-30-17-7-13(31-10-16-15(25)6-12(22)9-26-16)3-4-14(17)19-20(23)29-21(28-19)11-2-5-18(24)27-8-11/h2-9H,10H2,1H3,(H,28,29). The van der Waals surface area contributed by atoms with Crippen LogP contribution in [0.3, 0.4) is 0 Å². The highest BCUT2D eigenvalue weighted by Gasteiger charge is 2.17. The summed E-state index contributed by atoms with van der Waals surface area (Å²) < 4.78 is 26.4. The van der Waals surface area contributed by atoms with Crippen LogP contribution in [-0.2, 0) is 6.61 Å². The lowest BCUT2D eigenvalue weighted by Crippen LogP contribution is -2.02. The van der Waals surface area contributed by atoms with Crippen molar-refractivity contribution in [1.29, 1.82) is 0 Å². The van der Waals surface area contributed by atoms with Crippen molar-refractivity contribution in [2.45, 2.75) is 6.61 Å². The maximum Gasteiger partial charge on any atom is 0.149 e. The first-order chi connectivity index (χ1) is 14.9. The molecule has 10 heteroatoms. The monoisotopic (exact) mass is 566 g/mol. The SMILES string of the molecule is COc1cc(OCc2ncc(Br)cc2F)ccc1-c1[nH]c(-c2ccc(Cl)nc2)nc1Br. The van der Waals surface area contributed by atoms with Crippen LogP contribution in [0.2, 0.25) is 5.15 Å². The minimum Gasteiger partial charge on any atom is -0.496 e. The topological polar surface area (TPSA) is 72.9 Å². The summed E-state index contributed by atoms with van der Waals surface area (Å²) in [5.74, 6) is 1.27. The predicted molar refractivity (Wildman–Crippen MR) is 123 cm³/mol. The van der Waals surface area contributed by atoms with E-state index in [-0.39, 0.29) is 12.3 Å². The number of aromatic amines is 1. The second kappa shape index (κ2) is 9.33. The van der Waals surface area contributed by atoms with Crippen LogP contribution in [0, 0.1) is 5.82 Å². The van der Waals surface area contributed by atoms with Gasteiger partial charge in [-0.1, -0.05) is 11.6 Å². The third-order valence-corrected chi connectivity index (χ3v) is 5.59. The highest BCUT2D eigenvalue weighted by Crippen LogP contribution is 2.37. The molecule has 6 nitrogen and oxygen atoms in total. The third-order valence-electron chi connectivity index (χ3n) is 4.36. The normalized spacial score (nSPS) is 10.9. The van der Waals surface area contributed by atoms with Gasteiger partial charge in [-0.25, -0.2) is 14.4 Å². The first-order valence-electron chi connectivity index (χ1n) is 8.93. The third kappa shape index (κ3) is 4.89. The average molecular weight is 569 g/mol. The van der Waals surface area contributed by atoms with Crippen molar-refractivity contribution < 1.29 is 13.9 Å². The molecular weight excluding hydrogens is 555 g/mol. The lowest BCUT2D eigenvalue weighted by atomic mass is 10.1. The molecule has 0 fully saturated rings. The molecule has 0 unspecified atom stereocenters. The van der Waals surface area contributed by atoms with Gasteiger partial charge in [-0.15, -0.1) is 0 Å². The Bertz CT molecular complexity index is 1230. The van der Waals surface area contributed by atoms with Crippen molar-refractivity contribution in [3.63, 3.8) is 0 Å². The van der Waals surface area contributed by atoms with Gasteiger partial charge in [0.1, 0.15) is 45.2 Å². The number of methoxy groups -OCH3 is 1. The van der Waals surface area contributed by atoms with Gasteiger partial charge in [-0.05, 0) is 62.2 Å². The van der Waals surface area contributed by atoms with Crippen molar-refractivity contribution in [3.05, 3.63) is 74.5 Å². The zero-order valence-electron chi connectivity index (χ0n) is 16.0. The molecule has 158 valence electrons. The maximum atomic E-state index is 14.0. The number of nitrogens with one attached hydrogen (secondary N) is 1. The van der Waals surface area contributed by atoms with Crippen LogP contribution in [0.25, 0.3) is 22.6 Å². The van der Waals surface area contributed by atoms with Gasteiger partial charge >= 0.3 is 0 Å². The van der Waals surface area contributed by atoms with E-state index in [1.165, 1.54) is 12.3 Å². The Balaban J connectivity index is 1.59. The maximum absolute atomic E-state index is 14.0. The van der Waals surface area contributed by atoms with Crippen molar-refractivity contribution in [3.8, 4) is 34.1 Å². The van der Waals surface area contributed by atoms with Crippen molar-refractivity contribution in [2.75, 3.05) is 7.11 Å². The number of hydrogen-bond acceptors (Lipinski definition) is 5. The van der Waals surface area contributed by atoms with E-state index in [0.29, 0.717) is 31.6 Å². The summed E-state index contributed by atoms with van der Waals surface area (Å²) in [4.78, 5) is 15.9. The van der Waals surface area contributed by atoms with E-state index in [1.807, 2.05) is 12.1 Å². The van der Waals surface area contributed by atoms with Gasteiger partial charge in [0.05, 0.1) is 12.8 Å². The van der Waals surface area contributed by atoms with E-state index in [1.54, 1.807) is 31.5 Å². The molecule has 0 aliphatic carbocycles. The fourth-order valence-electron chi connectivity index (χ4n) is 2.85. The quantitative estimate of drug-likeness (QED) is 0.271. The van der Waals surface area contributed by atoms with E-state index in [4.69, 9.17) is 21.1 Å². The van der Waals surface area contributed by atoms with Crippen LogP contribution in [0.1, 0.15) is 5.69 Å². The Labute approximate surface area is 199 Å². The molecule has 0 saturated carbocycles. The molecule has 0 aliphatic heterocycles. The number of benzene rings is 1. The zero-order valence-corrected chi connectivity index (χ0v) is 19.9. The zero-order chi connectivity index (χ0) is 22.0. The fraction of sp³-hybridized carbons (Fsp3) is 0.0952. The number of aromatic nitrogens is 4. The molecule has 0 atom stereocenters. The minimum atomic E-state index is -0.441. The first-order valence-corrected chi connectivity index (χ1v) is 10.9. The van der Waals surface area contributed by atoms with Gasteiger partial charge < -0.3 is 14.5 Å². The predicted octanol–water partition coefficient (Wildman–Crippen LogP) is 6.44. The molecule has 31 heavy (non-hydrogen) atoms. The Morgan fingerprint density at radius 1 is 1.10 bits per heavy atom. The molecule has 3 heterocycles. The van der Waals surface area contributed by atoms with Crippen LogP contribution in [0.5, 0.6) is 11.5 Å². The smallest absolute Gasteiger partial charge is 0.149 e.